The van der Waals surface area contributed by atoms with Crippen molar-refractivity contribution in [2.24, 2.45) is 7.05 Å². The summed E-state index contributed by atoms with van der Waals surface area (Å²) < 4.78 is 16.8. The van der Waals surface area contributed by atoms with Gasteiger partial charge in [0.2, 0.25) is 0 Å². The van der Waals surface area contributed by atoms with E-state index in [0.29, 0.717) is 5.56 Å². The van der Waals surface area contributed by atoms with Crippen molar-refractivity contribution < 1.29 is 9.50 Å². The van der Waals surface area contributed by atoms with Crippen molar-refractivity contribution in [3.8, 4) is 11.3 Å². The van der Waals surface area contributed by atoms with E-state index in [-0.39, 0.29) is 5.82 Å². The third-order valence-corrected chi connectivity index (χ3v) is 6.69. The maximum Gasteiger partial charge on any atom is 0.134 e. The summed E-state index contributed by atoms with van der Waals surface area (Å²) in [4.78, 5) is 4.30. The quantitative estimate of drug-likeness (QED) is 0.825. The number of aromatic nitrogens is 2. The molecule has 1 aromatic carbocycles. The maximum atomic E-state index is 15.0. The van der Waals surface area contributed by atoms with Gasteiger partial charge in [-0.15, -0.1) is 0 Å². The van der Waals surface area contributed by atoms with Crippen molar-refractivity contribution >= 4 is 5.69 Å². The fraction of sp³-hybridized carbons (Fsp3) is 0.550. The summed E-state index contributed by atoms with van der Waals surface area (Å²) in [5.41, 5.74) is 2.17. The molecule has 2 unspecified atom stereocenters. The topological polar surface area (TPSA) is 50.1 Å². The Labute approximate surface area is 148 Å². The minimum Gasteiger partial charge on any atom is -0.387 e. The molecule has 1 fully saturated rings. The zero-order valence-electron chi connectivity index (χ0n) is 15.6. The van der Waals surface area contributed by atoms with Crippen LogP contribution in [-0.4, -0.2) is 25.8 Å². The van der Waals surface area contributed by atoms with E-state index in [2.05, 4.69) is 17.2 Å². The number of nitrogens with zero attached hydrogens (tertiary/aromatic N) is 2. The Morgan fingerprint density at radius 2 is 1.96 bits per heavy atom. The van der Waals surface area contributed by atoms with E-state index in [9.17, 15) is 9.50 Å². The van der Waals surface area contributed by atoms with Crippen molar-refractivity contribution in [3.63, 3.8) is 0 Å². The number of hydrogen-bond donors (Lipinski definition) is 2. The maximum absolute atomic E-state index is 15.0. The summed E-state index contributed by atoms with van der Waals surface area (Å²) in [6.45, 7) is 8.04. The number of aliphatic hydroxyl groups is 1. The van der Waals surface area contributed by atoms with Crippen LogP contribution in [0.3, 0.4) is 0 Å². The van der Waals surface area contributed by atoms with Gasteiger partial charge in [-0.2, -0.15) is 0 Å². The van der Waals surface area contributed by atoms with Gasteiger partial charge >= 0.3 is 0 Å². The zero-order valence-corrected chi connectivity index (χ0v) is 15.6. The molecule has 1 aliphatic carbocycles. The van der Waals surface area contributed by atoms with Gasteiger partial charge < -0.3 is 15.0 Å². The second kappa shape index (κ2) is 4.85. The van der Waals surface area contributed by atoms with Crippen LogP contribution in [0, 0.1) is 12.7 Å². The number of imidazole rings is 1. The molecule has 2 N–H and O–H groups in total. The lowest BCUT2D eigenvalue weighted by Crippen LogP contribution is -2.65. The van der Waals surface area contributed by atoms with Crippen LogP contribution in [0.25, 0.3) is 11.3 Å². The second-order valence-electron chi connectivity index (χ2n) is 8.46. The Balaban J connectivity index is 1.99. The molecule has 1 aliphatic heterocycles. The molecule has 0 bridgehead atoms. The van der Waals surface area contributed by atoms with Crippen LogP contribution in [0.2, 0.25) is 0 Å². The van der Waals surface area contributed by atoms with Crippen molar-refractivity contribution in [1.29, 1.82) is 0 Å². The first-order chi connectivity index (χ1) is 11.6. The Morgan fingerprint density at radius 3 is 2.60 bits per heavy atom. The van der Waals surface area contributed by atoms with Gasteiger partial charge in [-0.1, -0.05) is 6.92 Å². The Morgan fingerprint density at radius 1 is 1.24 bits per heavy atom. The predicted molar refractivity (Wildman–Crippen MR) is 97.2 cm³/mol. The molecule has 0 amide bonds. The number of halogens is 1. The van der Waals surface area contributed by atoms with Gasteiger partial charge in [0.1, 0.15) is 5.82 Å². The van der Waals surface area contributed by atoms with E-state index in [1.165, 1.54) is 0 Å². The summed E-state index contributed by atoms with van der Waals surface area (Å²) in [5, 5.41) is 15.0. The Hall–Kier alpha value is -1.88. The molecule has 2 aliphatic rings. The van der Waals surface area contributed by atoms with Crippen LogP contribution in [0.4, 0.5) is 10.1 Å². The fourth-order valence-corrected chi connectivity index (χ4v) is 5.23. The predicted octanol–water partition coefficient (Wildman–Crippen LogP) is 3.91. The van der Waals surface area contributed by atoms with Gasteiger partial charge in [0.15, 0.2) is 0 Å². The molecule has 5 heteroatoms. The van der Waals surface area contributed by atoms with E-state index in [1.807, 2.05) is 38.5 Å². The number of fused-ring (bicyclic) bond motifs is 3. The van der Waals surface area contributed by atoms with Crippen molar-refractivity contribution in [2.75, 3.05) is 5.32 Å². The van der Waals surface area contributed by atoms with E-state index < -0.39 is 16.6 Å². The van der Waals surface area contributed by atoms with Crippen molar-refractivity contribution in [3.05, 3.63) is 35.5 Å². The molecule has 2 aromatic rings. The number of rotatable bonds is 1. The minimum absolute atomic E-state index is 0.263. The molecule has 0 spiro atoms. The first-order valence-corrected chi connectivity index (χ1v) is 8.94. The molecule has 1 saturated carbocycles. The van der Waals surface area contributed by atoms with Crippen molar-refractivity contribution in [2.45, 2.75) is 63.5 Å². The molecule has 2 heterocycles. The van der Waals surface area contributed by atoms with Crippen LogP contribution in [-0.2, 0) is 12.5 Å². The summed E-state index contributed by atoms with van der Waals surface area (Å²) in [7, 11) is 1.88. The fourth-order valence-electron chi connectivity index (χ4n) is 5.23. The number of hydrogen-bond acceptors (Lipinski definition) is 3. The van der Waals surface area contributed by atoms with E-state index >= 15 is 0 Å². The molecule has 4 nitrogen and oxygen atoms in total. The molecule has 25 heavy (non-hydrogen) atoms. The lowest BCUT2D eigenvalue weighted by Gasteiger charge is -2.55. The molecular weight excluding hydrogens is 317 g/mol. The highest BCUT2D eigenvalue weighted by Gasteiger charge is 2.62. The van der Waals surface area contributed by atoms with E-state index in [4.69, 9.17) is 0 Å². The number of nitrogens with one attached hydrogen (secondary N) is 1. The van der Waals surface area contributed by atoms with Gasteiger partial charge in [0.25, 0.3) is 0 Å². The van der Waals surface area contributed by atoms with Crippen molar-refractivity contribution in [1.82, 2.24) is 9.55 Å². The summed E-state index contributed by atoms with van der Waals surface area (Å²) in [6, 6.07) is 3.51. The van der Waals surface area contributed by atoms with Gasteiger partial charge in [0.05, 0.1) is 28.9 Å². The third-order valence-electron chi connectivity index (χ3n) is 6.69. The van der Waals surface area contributed by atoms with Crippen LogP contribution >= 0.6 is 0 Å². The highest BCUT2D eigenvalue weighted by Crippen LogP contribution is 2.59. The monoisotopic (exact) mass is 343 g/mol. The average Bonchev–Trinajstić information content (AvgIpc) is 3.01. The number of aryl methyl sites for hydroxylation is 2. The highest BCUT2D eigenvalue weighted by molar-refractivity contribution is 5.72. The molecule has 4 rings (SSSR count). The first-order valence-electron chi connectivity index (χ1n) is 8.94. The molecule has 134 valence electrons. The average molecular weight is 343 g/mol. The van der Waals surface area contributed by atoms with Crippen LogP contribution < -0.4 is 5.32 Å². The molecule has 0 saturated heterocycles. The first kappa shape index (κ1) is 16.6. The summed E-state index contributed by atoms with van der Waals surface area (Å²) >= 11 is 0. The Bertz CT molecular complexity index is 853. The molecule has 2 atom stereocenters. The smallest absolute Gasteiger partial charge is 0.134 e. The zero-order chi connectivity index (χ0) is 18.2. The van der Waals surface area contributed by atoms with E-state index in [0.717, 1.165) is 41.9 Å². The number of benzene rings is 1. The standard InChI is InChI=1S/C20H26FN3O/c1-12-17(24(5)11-22-12)13-9-14-16(10-15(13)21)23-18(2,3)20(25)8-6-7-19(14,20)4/h9-11,23,25H,6-8H2,1-5H3. The second-order valence-corrected chi connectivity index (χ2v) is 8.46. The highest BCUT2D eigenvalue weighted by atomic mass is 19.1. The molecule has 1 aromatic heterocycles. The van der Waals surface area contributed by atoms with Crippen LogP contribution in [0.15, 0.2) is 18.5 Å². The molecule has 0 radical (unpaired) electrons. The van der Waals surface area contributed by atoms with Gasteiger partial charge in [-0.3, -0.25) is 0 Å². The van der Waals surface area contributed by atoms with E-state index in [1.54, 1.807) is 12.4 Å². The summed E-state index contributed by atoms with van der Waals surface area (Å²) in [6.07, 6.45) is 4.32. The minimum atomic E-state index is -0.858. The summed E-state index contributed by atoms with van der Waals surface area (Å²) in [5.74, 6) is -0.263. The van der Waals surface area contributed by atoms with Gasteiger partial charge in [0, 0.05) is 23.7 Å². The third kappa shape index (κ3) is 1.93. The number of anilines is 1. The van der Waals surface area contributed by atoms with Gasteiger partial charge in [-0.25, -0.2) is 9.37 Å². The lowest BCUT2D eigenvalue weighted by molar-refractivity contribution is -0.0628. The lowest BCUT2D eigenvalue weighted by atomic mass is 9.60. The normalized spacial score (nSPS) is 29.9. The largest absolute Gasteiger partial charge is 0.387 e. The Kier molecular flexibility index (Phi) is 3.21. The van der Waals surface area contributed by atoms with Crippen LogP contribution in [0.1, 0.15) is 51.3 Å². The SMILES string of the molecule is Cc1ncn(C)c1-c1cc2c(cc1F)NC(C)(C)C1(O)CCCC21C. The van der Waals surface area contributed by atoms with Crippen LogP contribution in [0.5, 0.6) is 0 Å². The molecular formula is C20H26FN3O. The van der Waals surface area contributed by atoms with Gasteiger partial charge in [-0.05, 0) is 57.7 Å².